The minimum atomic E-state index is -0.175. The minimum absolute atomic E-state index is 0.175. The Morgan fingerprint density at radius 3 is 2.81 bits per heavy atom. The predicted octanol–water partition coefficient (Wildman–Crippen LogP) is 5.08. The number of benzene rings is 1. The first-order valence-corrected chi connectivity index (χ1v) is 10.0. The van der Waals surface area contributed by atoms with Crippen LogP contribution in [0, 0.1) is 11.7 Å². The van der Waals surface area contributed by atoms with Crippen LogP contribution < -0.4 is 5.56 Å². The third kappa shape index (κ3) is 3.18. The summed E-state index contributed by atoms with van der Waals surface area (Å²) in [6.07, 6.45) is 1.83. The van der Waals surface area contributed by atoms with E-state index >= 15 is 0 Å². The molecule has 4 rings (SSSR count). The van der Waals surface area contributed by atoms with Gasteiger partial charge in [0, 0.05) is 16.1 Å². The number of aromatic amines is 1. The summed E-state index contributed by atoms with van der Waals surface area (Å²) in [6, 6.07) is 9.42. The van der Waals surface area contributed by atoms with Gasteiger partial charge < -0.3 is 4.98 Å². The van der Waals surface area contributed by atoms with Crippen LogP contribution in [0.5, 0.6) is 0 Å². The Morgan fingerprint density at radius 1 is 1.35 bits per heavy atom. The van der Waals surface area contributed by atoms with Crippen molar-refractivity contribution >= 4 is 61.3 Å². The van der Waals surface area contributed by atoms with Gasteiger partial charge in [-0.3, -0.25) is 9.48 Å². The number of H-pyrrole nitrogens is 1. The molecule has 0 amide bonds. The van der Waals surface area contributed by atoms with Gasteiger partial charge in [-0.2, -0.15) is 5.10 Å². The Kier molecular flexibility index (Phi) is 4.60. The molecule has 0 unspecified atom stereocenters. The standard InChI is InChI=1S/C17H12BrClN4OS2/c1-9-6-12-15(26-9)20-17(25)23(16(12)24)14-13(18)8-22(21-14)7-10-2-4-11(19)5-3-10/h2-6,8H,7H2,1H3,(H,20,25). The van der Waals surface area contributed by atoms with Crippen molar-refractivity contribution < 1.29 is 0 Å². The normalized spacial score (nSPS) is 11.3. The van der Waals surface area contributed by atoms with Gasteiger partial charge in [-0.05, 0) is 58.8 Å². The van der Waals surface area contributed by atoms with Gasteiger partial charge >= 0.3 is 0 Å². The van der Waals surface area contributed by atoms with E-state index in [1.165, 1.54) is 15.9 Å². The van der Waals surface area contributed by atoms with E-state index in [-0.39, 0.29) is 5.56 Å². The van der Waals surface area contributed by atoms with Crippen LogP contribution in [0.15, 0.2) is 45.8 Å². The molecule has 9 heteroatoms. The molecule has 26 heavy (non-hydrogen) atoms. The lowest BCUT2D eigenvalue weighted by Gasteiger charge is -2.04. The number of nitrogens with one attached hydrogen (secondary N) is 1. The number of nitrogens with zero attached hydrogens (tertiary/aromatic N) is 3. The second-order valence-corrected chi connectivity index (χ2v) is 8.73. The van der Waals surface area contributed by atoms with E-state index in [1.807, 2.05) is 43.5 Å². The first-order chi connectivity index (χ1) is 12.4. The molecule has 0 radical (unpaired) electrons. The van der Waals surface area contributed by atoms with Crippen molar-refractivity contribution in [1.29, 1.82) is 0 Å². The molecule has 0 fully saturated rings. The number of rotatable bonds is 3. The van der Waals surface area contributed by atoms with Gasteiger partial charge in [-0.15, -0.1) is 11.3 Å². The zero-order valence-corrected chi connectivity index (χ0v) is 17.5. The van der Waals surface area contributed by atoms with Crippen molar-refractivity contribution in [2.24, 2.45) is 0 Å². The monoisotopic (exact) mass is 466 g/mol. The molecule has 0 aliphatic rings. The molecular formula is C17H12BrClN4OS2. The molecule has 1 N–H and O–H groups in total. The number of thiophene rings is 1. The van der Waals surface area contributed by atoms with E-state index in [9.17, 15) is 4.79 Å². The highest BCUT2D eigenvalue weighted by atomic mass is 79.9. The SMILES string of the molecule is Cc1cc2c(=O)n(-c3nn(Cc4ccc(Cl)cc4)cc3Br)c(=S)[nH]c2s1. The van der Waals surface area contributed by atoms with Crippen molar-refractivity contribution in [2.45, 2.75) is 13.5 Å². The molecule has 0 aliphatic heterocycles. The lowest BCUT2D eigenvalue weighted by atomic mass is 10.2. The van der Waals surface area contributed by atoms with Crippen molar-refractivity contribution in [3.05, 3.63) is 71.6 Å². The van der Waals surface area contributed by atoms with Crippen molar-refractivity contribution in [3.63, 3.8) is 0 Å². The Morgan fingerprint density at radius 2 is 2.08 bits per heavy atom. The number of fused-ring (bicyclic) bond motifs is 1. The summed E-state index contributed by atoms with van der Waals surface area (Å²) in [7, 11) is 0. The fraction of sp³-hybridized carbons (Fsp3) is 0.118. The number of hydrogen-bond acceptors (Lipinski definition) is 4. The minimum Gasteiger partial charge on any atom is -0.323 e. The van der Waals surface area contributed by atoms with E-state index < -0.39 is 0 Å². The average Bonchev–Trinajstić information content (AvgIpc) is 3.12. The van der Waals surface area contributed by atoms with Gasteiger partial charge in [-0.25, -0.2) is 4.57 Å². The maximum Gasteiger partial charge on any atom is 0.268 e. The van der Waals surface area contributed by atoms with E-state index in [0.29, 0.717) is 32.0 Å². The molecule has 0 atom stereocenters. The Bertz CT molecular complexity index is 1240. The van der Waals surface area contributed by atoms with Gasteiger partial charge in [0.1, 0.15) is 4.83 Å². The topological polar surface area (TPSA) is 55.6 Å². The van der Waals surface area contributed by atoms with Gasteiger partial charge in [-0.1, -0.05) is 23.7 Å². The number of aryl methyl sites for hydroxylation is 1. The maximum atomic E-state index is 12.9. The van der Waals surface area contributed by atoms with Crippen LogP contribution in [-0.4, -0.2) is 19.3 Å². The maximum absolute atomic E-state index is 12.9. The summed E-state index contributed by atoms with van der Waals surface area (Å²) < 4.78 is 4.19. The van der Waals surface area contributed by atoms with Crippen LogP contribution in [-0.2, 0) is 6.54 Å². The third-order valence-electron chi connectivity index (χ3n) is 3.88. The molecule has 132 valence electrons. The van der Waals surface area contributed by atoms with Gasteiger partial charge in [0.15, 0.2) is 10.6 Å². The lowest BCUT2D eigenvalue weighted by molar-refractivity contribution is 0.674. The predicted molar refractivity (Wildman–Crippen MR) is 111 cm³/mol. The molecule has 3 aromatic heterocycles. The Hall–Kier alpha value is -1.74. The number of aromatic nitrogens is 4. The highest BCUT2D eigenvalue weighted by molar-refractivity contribution is 9.10. The summed E-state index contributed by atoms with van der Waals surface area (Å²) in [6.45, 7) is 2.52. The highest BCUT2D eigenvalue weighted by Crippen LogP contribution is 2.23. The molecule has 1 aromatic carbocycles. The van der Waals surface area contributed by atoms with Crippen LogP contribution in [0.2, 0.25) is 5.02 Å². The summed E-state index contributed by atoms with van der Waals surface area (Å²) in [4.78, 5) is 17.9. The van der Waals surface area contributed by atoms with Crippen LogP contribution >= 0.6 is 51.1 Å². The molecule has 0 saturated carbocycles. The van der Waals surface area contributed by atoms with E-state index in [0.717, 1.165) is 15.3 Å². The van der Waals surface area contributed by atoms with Gasteiger partial charge in [0.05, 0.1) is 16.4 Å². The number of hydrogen-bond donors (Lipinski definition) is 1. The second kappa shape index (κ2) is 6.77. The fourth-order valence-electron chi connectivity index (χ4n) is 2.72. The lowest BCUT2D eigenvalue weighted by Crippen LogP contribution is -2.20. The van der Waals surface area contributed by atoms with Crippen LogP contribution in [0.1, 0.15) is 10.4 Å². The average molecular weight is 468 g/mol. The first kappa shape index (κ1) is 17.7. The first-order valence-electron chi connectivity index (χ1n) is 7.65. The van der Waals surface area contributed by atoms with Gasteiger partial charge in [0.2, 0.25) is 0 Å². The van der Waals surface area contributed by atoms with Gasteiger partial charge in [0.25, 0.3) is 5.56 Å². The zero-order chi connectivity index (χ0) is 18.4. The van der Waals surface area contributed by atoms with Crippen molar-refractivity contribution in [2.75, 3.05) is 0 Å². The summed E-state index contributed by atoms with van der Waals surface area (Å²) >= 11 is 16.3. The molecule has 0 saturated heterocycles. The second-order valence-electron chi connectivity index (χ2n) is 5.80. The Labute approximate surface area is 171 Å². The third-order valence-corrected chi connectivity index (χ3v) is 5.94. The quantitative estimate of drug-likeness (QED) is 0.428. The highest BCUT2D eigenvalue weighted by Gasteiger charge is 2.15. The smallest absolute Gasteiger partial charge is 0.268 e. The van der Waals surface area contributed by atoms with E-state index in [4.69, 9.17) is 23.8 Å². The largest absolute Gasteiger partial charge is 0.323 e. The van der Waals surface area contributed by atoms with Crippen molar-refractivity contribution in [1.82, 2.24) is 19.3 Å². The summed E-state index contributed by atoms with van der Waals surface area (Å²) in [5, 5.41) is 5.85. The molecule has 0 spiro atoms. The summed E-state index contributed by atoms with van der Waals surface area (Å²) in [5.41, 5.74) is 0.878. The number of halogens is 2. The molecule has 4 aromatic rings. The van der Waals surface area contributed by atoms with E-state index in [1.54, 1.807) is 4.68 Å². The molecule has 0 bridgehead atoms. The Balaban J connectivity index is 1.80. The molecule has 3 heterocycles. The van der Waals surface area contributed by atoms with Crippen LogP contribution in [0.4, 0.5) is 0 Å². The van der Waals surface area contributed by atoms with E-state index in [2.05, 4.69) is 26.0 Å². The van der Waals surface area contributed by atoms with Crippen molar-refractivity contribution in [3.8, 4) is 5.82 Å². The molecular weight excluding hydrogens is 456 g/mol. The molecule has 0 aliphatic carbocycles. The summed E-state index contributed by atoms with van der Waals surface area (Å²) in [5.74, 6) is 0.468. The zero-order valence-electron chi connectivity index (χ0n) is 13.5. The fourth-order valence-corrected chi connectivity index (χ4v) is 4.58. The van der Waals surface area contributed by atoms with Crippen LogP contribution in [0.25, 0.3) is 16.0 Å². The van der Waals surface area contributed by atoms with Crippen LogP contribution in [0.3, 0.4) is 0 Å². The molecule has 5 nitrogen and oxygen atoms in total.